The van der Waals surface area contributed by atoms with Gasteiger partial charge in [0, 0.05) is 7.11 Å². The molecule has 0 saturated heterocycles. The number of ketones is 1. The second kappa shape index (κ2) is 6.77. The van der Waals surface area contributed by atoms with Crippen LogP contribution in [-0.2, 0) is 9.53 Å². The molecule has 1 unspecified atom stereocenters. The average Bonchev–Trinajstić information content (AvgIpc) is 2.11. The zero-order chi connectivity index (χ0) is 11.1. The van der Waals surface area contributed by atoms with Crippen LogP contribution >= 0.6 is 0 Å². The molecule has 0 aliphatic carbocycles. The fraction of sp³-hybridized carbons (Fsp3) is 0.750. The van der Waals surface area contributed by atoms with Crippen LogP contribution < -0.4 is 0 Å². The number of methoxy groups -OCH3 is 1. The highest BCUT2D eigenvalue weighted by atomic mass is 16.5. The Morgan fingerprint density at radius 3 is 2.21 bits per heavy atom. The van der Waals surface area contributed by atoms with E-state index in [2.05, 4.69) is 13.8 Å². The SMILES string of the molecule is COC(C=C(C)C(C)=O)CCC(C)C. The number of carbonyl (C=O) groups is 1. The standard InChI is InChI=1S/C12H22O2/c1-9(2)6-7-12(14-5)8-10(3)11(4)13/h8-9,12H,6-7H2,1-5H3. The maximum absolute atomic E-state index is 11.0. The molecule has 0 aromatic heterocycles. The first-order valence-electron chi connectivity index (χ1n) is 5.19. The Bertz CT molecular complexity index is 204. The minimum atomic E-state index is 0.0845. The maximum Gasteiger partial charge on any atom is 0.155 e. The Balaban J connectivity index is 4.14. The first kappa shape index (κ1) is 13.4. The number of allylic oxidation sites excluding steroid dienone is 1. The Labute approximate surface area is 87.3 Å². The lowest BCUT2D eigenvalue weighted by Crippen LogP contribution is -2.10. The van der Waals surface area contributed by atoms with Gasteiger partial charge in [-0.2, -0.15) is 0 Å². The molecule has 82 valence electrons. The molecule has 0 aliphatic rings. The van der Waals surface area contributed by atoms with E-state index >= 15 is 0 Å². The lowest BCUT2D eigenvalue weighted by Gasteiger charge is -2.13. The maximum atomic E-state index is 11.0. The summed E-state index contributed by atoms with van der Waals surface area (Å²) in [6.07, 6.45) is 4.12. The van der Waals surface area contributed by atoms with E-state index in [1.807, 2.05) is 13.0 Å². The van der Waals surface area contributed by atoms with Gasteiger partial charge in [-0.3, -0.25) is 4.79 Å². The van der Waals surface area contributed by atoms with Crippen LogP contribution in [0.4, 0.5) is 0 Å². The van der Waals surface area contributed by atoms with Crippen molar-refractivity contribution >= 4 is 5.78 Å². The fourth-order valence-electron chi connectivity index (χ4n) is 1.16. The van der Waals surface area contributed by atoms with Crippen LogP contribution in [0.2, 0.25) is 0 Å². The molecule has 0 amide bonds. The van der Waals surface area contributed by atoms with Gasteiger partial charge < -0.3 is 4.74 Å². The molecule has 0 heterocycles. The van der Waals surface area contributed by atoms with Gasteiger partial charge in [0.15, 0.2) is 5.78 Å². The Morgan fingerprint density at radius 2 is 1.86 bits per heavy atom. The Morgan fingerprint density at radius 1 is 1.29 bits per heavy atom. The molecule has 0 aliphatic heterocycles. The molecule has 0 rings (SSSR count). The molecule has 0 spiro atoms. The van der Waals surface area contributed by atoms with E-state index in [0.717, 1.165) is 18.4 Å². The van der Waals surface area contributed by atoms with Gasteiger partial charge in [0.05, 0.1) is 6.10 Å². The summed E-state index contributed by atoms with van der Waals surface area (Å²) >= 11 is 0. The second-order valence-corrected chi connectivity index (χ2v) is 4.15. The van der Waals surface area contributed by atoms with E-state index in [1.165, 1.54) is 0 Å². The lowest BCUT2D eigenvalue weighted by atomic mass is 10.0. The van der Waals surface area contributed by atoms with E-state index in [0.29, 0.717) is 5.92 Å². The summed E-state index contributed by atoms with van der Waals surface area (Å²) in [5.41, 5.74) is 0.792. The molecule has 0 N–H and O–H groups in total. The summed E-state index contributed by atoms with van der Waals surface area (Å²) < 4.78 is 5.29. The predicted octanol–water partition coefficient (Wildman–Crippen LogP) is 2.97. The van der Waals surface area contributed by atoms with Crippen LogP contribution in [-0.4, -0.2) is 19.0 Å². The number of ether oxygens (including phenoxy) is 1. The molecule has 2 heteroatoms. The molecule has 0 aromatic rings. The van der Waals surface area contributed by atoms with Crippen molar-refractivity contribution in [1.82, 2.24) is 0 Å². The topological polar surface area (TPSA) is 26.3 Å². The van der Waals surface area contributed by atoms with Gasteiger partial charge in [-0.1, -0.05) is 13.8 Å². The van der Waals surface area contributed by atoms with Crippen LogP contribution in [0, 0.1) is 5.92 Å². The first-order valence-corrected chi connectivity index (χ1v) is 5.19. The van der Waals surface area contributed by atoms with E-state index in [1.54, 1.807) is 14.0 Å². The van der Waals surface area contributed by atoms with Crippen molar-refractivity contribution in [3.63, 3.8) is 0 Å². The number of hydrogen-bond acceptors (Lipinski definition) is 2. The largest absolute Gasteiger partial charge is 0.377 e. The average molecular weight is 198 g/mol. The minimum absolute atomic E-state index is 0.0845. The molecule has 2 nitrogen and oxygen atoms in total. The molecule has 0 radical (unpaired) electrons. The highest BCUT2D eigenvalue weighted by molar-refractivity contribution is 5.92. The van der Waals surface area contributed by atoms with Crippen molar-refractivity contribution in [3.8, 4) is 0 Å². The lowest BCUT2D eigenvalue weighted by molar-refractivity contribution is -0.113. The van der Waals surface area contributed by atoms with Gasteiger partial charge in [-0.05, 0) is 44.3 Å². The van der Waals surface area contributed by atoms with Crippen molar-refractivity contribution < 1.29 is 9.53 Å². The van der Waals surface area contributed by atoms with Gasteiger partial charge in [-0.15, -0.1) is 0 Å². The third kappa shape index (κ3) is 5.92. The smallest absolute Gasteiger partial charge is 0.155 e. The van der Waals surface area contributed by atoms with Gasteiger partial charge in [0.1, 0.15) is 0 Å². The van der Waals surface area contributed by atoms with E-state index in [-0.39, 0.29) is 11.9 Å². The summed E-state index contributed by atoms with van der Waals surface area (Å²) in [5, 5.41) is 0. The van der Waals surface area contributed by atoms with E-state index in [4.69, 9.17) is 4.74 Å². The number of carbonyl (C=O) groups excluding carboxylic acids is 1. The molecular weight excluding hydrogens is 176 g/mol. The summed E-state index contributed by atoms with van der Waals surface area (Å²) in [5.74, 6) is 0.801. The number of hydrogen-bond donors (Lipinski definition) is 0. The molecule has 0 bridgehead atoms. The molecule has 14 heavy (non-hydrogen) atoms. The van der Waals surface area contributed by atoms with Crippen molar-refractivity contribution in [2.45, 2.75) is 46.6 Å². The molecule has 0 aromatic carbocycles. The van der Waals surface area contributed by atoms with Crippen LogP contribution in [0.15, 0.2) is 11.6 Å². The number of Topliss-reactive ketones (excluding diaryl/α,β-unsaturated/α-hetero) is 1. The summed E-state index contributed by atoms with van der Waals surface area (Å²) in [6.45, 7) is 7.80. The van der Waals surface area contributed by atoms with Crippen molar-refractivity contribution in [2.24, 2.45) is 5.92 Å². The fourth-order valence-corrected chi connectivity index (χ4v) is 1.16. The molecule has 0 fully saturated rings. The van der Waals surface area contributed by atoms with E-state index in [9.17, 15) is 4.79 Å². The van der Waals surface area contributed by atoms with Crippen LogP contribution in [0.5, 0.6) is 0 Å². The first-order chi connectivity index (χ1) is 6.47. The van der Waals surface area contributed by atoms with Crippen molar-refractivity contribution in [2.75, 3.05) is 7.11 Å². The number of rotatable bonds is 6. The summed E-state index contributed by atoms with van der Waals surface area (Å²) in [7, 11) is 1.69. The zero-order valence-electron chi connectivity index (χ0n) is 9.96. The van der Waals surface area contributed by atoms with E-state index < -0.39 is 0 Å². The summed E-state index contributed by atoms with van der Waals surface area (Å²) in [4.78, 5) is 11.0. The van der Waals surface area contributed by atoms with Crippen molar-refractivity contribution in [1.29, 1.82) is 0 Å². The van der Waals surface area contributed by atoms with Crippen LogP contribution in [0.3, 0.4) is 0 Å². The molecule has 1 atom stereocenters. The van der Waals surface area contributed by atoms with Crippen LogP contribution in [0.1, 0.15) is 40.5 Å². The Kier molecular flexibility index (Phi) is 6.46. The molecule has 0 saturated carbocycles. The monoisotopic (exact) mass is 198 g/mol. The Hall–Kier alpha value is -0.630. The van der Waals surface area contributed by atoms with Gasteiger partial charge >= 0.3 is 0 Å². The third-order valence-electron chi connectivity index (χ3n) is 2.32. The quantitative estimate of drug-likeness (QED) is 0.613. The molecular formula is C12H22O2. The van der Waals surface area contributed by atoms with Gasteiger partial charge in [0.25, 0.3) is 0 Å². The minimum Gasteiger partial charge on any atom is -0.377 e. The highest BCUT2D eigenvalue weighted by Gasteiger charge is 2.07. The predicted molar refractivity (Wildman–Crippen MR) is 59.3 cm³/mol. The van der Waals surface area contributed by atoms with Gasteiger partial charge in [0.2, 0.25) is 0 Å². The normalized spacial score (nSPS) is 14.6. The van der Waals surface area contributed by atoms with Crippen molar-refractivity contribution in [3.05, 3.63) is 11.6 Å². The third-order valence-corrected chi connectivity index (χ3v) is 2.32. The highest BCUT2D eigenvalue weighted by Crippen LogP contribution is 2.11. The van der Waals surface area contributed by atoms with Crippen LogP contribution in [0.25, 0.3) is 0 Å². The summed E-state index contributed by atoms with van der Waals surface area (Å²) in [6, 6.07) is 0. The van der Waals surface area contributed by atoms with Gasteiger partial charge in [-0.25, -0.2) is 0 Å². The second-order valence-electron chi connectivity index (χ2n) is 4.15. The zero-order valence-corrected chi connectivity index (χ0v) is 9.96.